The monoisotopic (exact) mass is 261 g/mol. The Morgan fingerprint density at radius 1 is 1.42 bits per heavy atom. The predicted octanol–water partition coefficient (Wildman–Crippen LogP) is 1.37. The van der Waals surface area contributed by atoms with Gasteiger partial charge in [0.1, 0.15) is 11.4 Å². The molecule has 1 N–H and O–H groups in total. The van der Waals surface area contributed by atoms with Crippen molar-refractivity contribution in [2.24, 2.45) is 0 Å². The minimum atomic E-state index is -0.880. The summed E-state index contributed by atoms with van der Waals surface area (Å²) in [6, 6.07) is 2.33. The summed E-state index contributed by atoms with van der Waals surface area (Å²) in [7, 11) is 0. The molecule has 2 fully saturated rings. The third-order valence-electron chi connectivity index (χ3n) is 4.24. The first-order valence-electron chi connectivity index (χ1n) is 6.84. The van der Waals surface area contributed by atoms with E-state index in [1.807, 2.05) is 6.92 Å². The van der Waals surface area contributed by atoms with E-state index in [9.17, 15) is 9.90 Å². The Balaban J connectivity index is 1.90. The van der Waals surface area contributed by atoms with Crippen LogP contribution in [0.1, 0.15) is 28.8 Å². The van der Waals surface area contributed by atoms with Gasteiger partial charge in [0.2, 0.25) is 0 Å². The molecule has 5 heteroatoms. The number of carboxylic acid groups (broad SMARTS) is 1. The first kappa shape index (κ1) is 12.4. The van der Waals surface area contributed by atoms with Crippen molar-refractivity contribution in [2.45, 2.75) is 25.8 Å². The van der Waals surface area contributed by atoms with Crippen LogP contribution in [-0.2, 0) is 0 Å². The van der Waals surface area contributed by atoms with Gasteiger partial charge in [0.25, 0.3) is 0 Å². The zero-order valence-corrected chi connectivity index (χ0v) is 11.2. The molecule has 102 valence electrons. The van der Waals surface area contributed by atoms with Gasteiger partial charge in [-0.15, -0.1) is 0 Å². The summed E-state index contributed by atoms with van der Waals surface area (Å²) in [5.74, 6) is -0.242. The Labute approximate surface area is 112 Å². The van der Waals surface area contributed by atoms with E-state index in [1.54, 1.807) is 12.3 Å². The van der Waals surface area contributed by atoms with Gasteiger partial charge in [-0.05, 0) is 37.9 Å². The maximum atomic E-state index is 11.4. The molecular weight excluding hydrogens is 242 g/mol. The van der Waals surface area contributed by atoms with Crippen molar-refractivity contribution in [2.75, 3.05) is 31.1 Å². The summed E-state index contributed by atoms with van der Waals surface area (Å²) in [5.41, 5.74) is 1.14. The van der Waals surface area contributed by atoms with E-state index in [-0.39, 0.29) is 0 Å². The van der Waals surface area contributed by atoms with Crippen molar-refractivity contribution >= 4 is 11.8 Å². The number of rotatable bonds is 2. The van der Waals surface area contributed by atoms with Crippen LogP contribution in [0.3, 0.4) is 0 Å². The average molecular weight is 261 g/mol. The highest BCUT2D eigenvalue weighted by Gasteiger charge is 2.32. The zero-order valence-electron chi connectivity index (χ0n) is 11.2. The van der Waals surface area contributed by atoms with Crippen molar-refractivity contribution in [3.8, 4) is 0 Å². The second kappa shape index (κ2) is 4.81. The van der Waals surface area contributed by atoms with Crippen molar-refractivity contribution in [3.05, 3.63) is 23.4 Å². The third-order valence-corrected chi connectivity index (χ3v) is 4.24. The van der Waals surface area contributed by atoms with Crippen LogP contribution in [0.4, 0.5) is 5.82 Å². The number of aromatic nitrogens is 1. The van der Waals surface area contributed by atoms with Crippen molar-refractivity contribution in [1.29, 1.82) is 0 Å². The second-order valence-corrected chi connectivity index (χ2v) is 5.41. The first-order chi connectivity index (χ1) is 9.16. The fraction of sp³-hybridized carbons (Fsp3) is 0.571. The van der Waals surface area contributed by atoms with E-state index in [4.69, 9.17) is 0 Å². The van der Waals surface area contributed by atoms with Gasteiger partial charge in [-0.3, -0.25) is 4.90 Å². The Morgan fingerprint density at radius 2 is 2.26 bits per heavy atom. The molecule has 1 atom stereocenters. The molecule has 0 bridgehead atoms. The Morgan fingerprint density at radius 3 is 3.05 bits per heavy atom. The van der Waals surface area contributed by atoms with Crippen LogP contribution in [0, 0.1) is 6.92 Å². The molecule has 1 unspecified atom stereocenters. The van der Waals surface area contributed by atoms with Crippen LogP contribution in [0.5, 0.6) is 0 Å². The number of carbonyl (C=O) groups is 1. The van der Waals surface area contributed by atoms with Gasteiger partial charge in [0.05, 0.1) is 0 Å². The van der Waals surface area contributed by atoms with Crippen LogP contribution in [-0.4, -0.2) is 53.2 Å². The number of aryl methyl sites for hydroxylation is 1. The minimum Gasteiger partial charge on any atom is -0.478 e. The Bertz CT molecular complexity index is 503. The number of hydrogen-bond donors (Lipinski definition) is 1. The molecule has 5 nitrogen and oxygen atoms in total. The molecule has 0 spiro atoms. The molecule has 0 aliphatic carbocycles. The van der Waals surface area contributed by atoms with Gasteiger partial charge in [0.15, 0.2) is 0 Å². The third kappa shape index (κ3) is 2.18. The van der Waals surface area contributed by atoms with Gasteiger partial charge in [-0.1, -0.05) is 0 Å². The van der Waals surface area contributed by atoms with Gasteiger partial charge in [-0.2, -0.15) is 0 Å². The van der Waals surface area contributed by atoms with Gasteiger partial charge in [-0.25, -0.2) is 9.78 Å². The fourth-order valence-corrected chi connectivity index (χ4v) is 3.23. The number of carboxylic acids is 1. The lowest BCUT2D eigenvalue weighted by molar-refractivity contribution is 0.0696. The van der Waals surface area contributed by atoms with E-state index in [2.05, 4.69) is 14.8 Å². The molecule has 19 heavy (non-hydrogen) atoms. The lowest BCUT2D eigenvalue weighted by Crippen LogP contribution is -2.50. The van der Waals surface area contributed by atoms with Gasteiger partial charge >= 0.3 is 5.97 Å². The van der Waals surface area contributed by atoms with Crippen molar-refractivity contribution in [1.82, 2.24) is 9.88 Å². The normalized spacial score (nSPS) is 23.4. The highest BCUT2D eigenvalue weighted by Crippen LogP contribution is 2.27. The number of nitrogens with zero attached hydrogens (tertiary/aromatic N) is 3. The molecule has 2 aliphatic rings. The number of anilines is 1. The van der Waals surface area contributed by atoms with E-state index >= 15 is 0 Å². The minimum absolute atomic E-state index is 0.356. The topological polar surface area (TPSA) is 56.7 Å². The number of aromatic carboxylic acids is 1. The molecule has 2 saturated heterocycles. The number of fused-ring (bicyclic) bond motifs is 1. The first-order valence-corrected chi connectivity index (χ1v) is 6.84. The molecule has 2 aliphatic heterocycles. The van der Waals surface area contributed by atoms with E-state index in [0.29, 0.717) is 17.4 Å². The highest BCUT2D eigenvalue weighted by molar-refractivity contribution is 5.95. The zero-order chi connectivity index (χ0) is 13.4. The number of hydrogen-bond acceptors (Lipinski definition) is 4. The molecule has 0 radical (unpaired) electrons. The van der Waals surface area contributed by atoms with E-state index < -0.39 is 5.97 Å². The van der Waals surface area contributed by atoms with Crippen LogP contribution in [0.25, 0.3) is 0 Å². The van der Waals surface area contributed by atoms with Gasteiger partial charge < -0.3 is 10.0 Å². The number of pyridine rings is 1. The Hall–Kier alpha value is -1.62. The molecule has 0 aromatic carbocycles. The SMILES string of the molecule is Cc1ccnc(N2CCN3CCCC3C2)c1C(=O)O. The summed E-state index contributed by atoms with van der Waals surface area (Å²) in [6.45, 7) is 5.80. The van der Waals surface area contributed by atoms with Crippen LogP contribution < -0.4 is 4.90 Å². The van der Waals surface area contributed by atoms with Crippen molar-refractivity contribution < 1.29 is 9.90 Å². The Kier molecular flexibility index (Phi) is 3.14. The largest absolute Gasteiger partial charge is 0.478 e. The molecule has 0 saturated carbocycles. The summed E-state index contributed by atoms with van der Waals surface area (Å²) >= 11 is 0. The molecule has 3 heterocycles. The van der Waals surface area contributed by atoms with E-state index in [0.717, 1.165) is 25.2 Å². The summed E-state index contributed by atoms with van der Waals surface area (Å²) < 4.78 is 0. The summed E-state index contributed by atoms with van der Waals surface area (Å²) in [4.78, 5) is 20.4. The maximum absolute atomic E-state index is 11.4. The molecular formula is C14H19N3O2. The molecule has 1 aromatic heterocycles. The smallest absolute Gasteiger partial charge is 0.339 e. The molecule has 1 aromatic rings. The lowest BCUT2D eigenvalue weighted by Gasteiger charge is -2.38. The summed E-state index contributed by atoms with van der Waals surface area (Å²) in [6.07, 6.45) is 4.17. The lowest BCUT2D eigenvalue weighted by atomic mass is 10.1. The summed E-state index contributed by atoms with van der Waals surface area (Å²) in [5, 5.41) is 9.39. The van der Waals surface area contributed by atoms with Crippen LogP contribution in [0.2, 0.25) is 0 Å². The molecule has 3 rings (SSSR count). The second-order valence-electron chi connectivity index (χ2n) is 5.41. The standard InChI is InChI=1S/C14H19N3O2/c1-10-4-5-15-13(12(10)14(18)19)17-8-7-16-6-2-3-11(16)9-17/h4-5,11H,2-3,6-9H2,1H3,(H,18,19). The van der Waals surface area contributed by atoms with E-state index in [1.165, 1.54) is 19.4 Å². The maximum Gasteiger partial charge on any atom is 0.339 e. The number of piperazine rings is 1. The highest BCUT2D eigenvalue weighted by atomic mass is 16.4. The van der Waals surface area contributed by atoms with Crippen LogP contribution in [0.15, 0.2) is 12.3 Å². The quantitative estimate of drug-likeness (QED) is 0.871. The van der Waals surface area contributed by atoms with Crippen molar-refractivity contribution in [3.63, 3.8) is 0 Å². The van der Waals surface area contributed by atoms with Crippen LogP contribution >= 0.6 is 0 Å². The average Bonchev–Trinajstić information content (AvgIpc) is 2.85. The predicted molar refractivity (Wildman–Crippen MR) is 72.7 cm³/mol. The fourth-order valence-electron chi connectivity index (χ4n) is 3.23. The van der Waals surface area contributed by atoms with Gasteiger partial charge in [0, 0.05) is 31.9 Å². The molecule has 0 amide bonds.